The van der Waals surface area contributed by atoms with Crippen LogP contribution in [-0.4, -0.2) is 26.9 Å². The molecule has 25 heavy (non-hydrogen) atoms. The molecule has 0 aliphatic heterocycles. The van der Waals surface area contributed by atoms with Crippen molar-refractivity contribution in [3.8, 4) is 5.75 Å². The fourth-order valence-corrected chi connectivity index (χ4v) is 2.43. The molecular weight excluding hydrogens is 361 g/mol. The molecule has 0 heterocycles. The summed E-state index contributed by atoms with van der Waals surface area (Å²) in [5.41, 5.74) is -5.87. The van der Waals surface area contributed by atoms with Crippen molar-refractivity contribution >= 4 is 27.3 Å². The highest BCUT2D eigenvalue weighted by molar-refractivity contribution is 7.93. The Labute approximate surface area is 141 Å². The van der Waals surface area contributed by atoms with Crippen LogP contribution in [0.2, 0.25) is 0 Å². The van der Waals surface area contributed by atoms with E-state index in [1.807, 2.05) is 0 Å². The number of halogens is 3. The highest BCUT2D eigenvalue weighted by Gasteiger charge is 2.46. The van der Waals surface area contributed by atoms with E-state index in [-0.39, 0.29) is 5.56 Å². The van der Waals surface area contributed by atoms with Gasteiger partial charge in [-0.2, -0.15) is 21.6 Å². The molecule has 0 radical (unpaired) electrons. The van der Waals surface area contributed by atoms with Gasteiger partial charge in [-0.05, 0) is 36.4 Å². The molecule has 0 saturated carbocycles. The highest BCUT2D eigenvalue weighted by Crippen LogP contribution is 2.27. The van der Waals surface area contributed by atoms with Crippen molar-refractivity contribution in [1.82, 2.24) is 0 Å². The monoisotopic (exact) mass is 374 g/mol. The molecule has 6 nitrogen and oxygen atoms in total. The summed E-state index contributed by atoms with van der Waals surface area (Å²) >= 11 is 0. The lowest BCUT2D eigenvalue weighted by Gasteiger charge is -2.14. The number of rotatable bonds is 5. The Hall–Kier alpha value is -2.75. The molecular formula is C15H13F3N2O4S. The van der Waals surface area contributed by atoms with Gasteiger partial charge in [0.05, 0.1) is 18.4 Å². The molecule has 2 aromatic rings. The minimum absolute atomic E-state index is 0.258. The van der Waals surface area contributed by atoms with E-state index in [1.165, 1.54) is 42.2 Å². The molecule has 1 amide bonds. The van der Waals surface area contributed by atoms with Gasteiger partial charge in [0.1, 0.15) is 5.75 Å². The van der Waals surface area contributed by atoms with Gasteiger partial charge in [0.25, 0.3) is 5.91 Å². The van der Waals surface area contributed by atoms with Crippen LogP contribution in [0.25, 0.3) is 0 Å². The summed E-state index contributed by atoms with van der Waals surface area (Å²) in [5.74, 6) is -0.220. The van der Waals surface area contributed by atoms with Crippen molar-refractivity contribution in [3.63, 3.8) is 0 Å². The Bertz CT molecular complexity index is 865. The van der Waals surface area contributed by atoms with Crippen molar-refractivity contribution in [3.05, 3.63) is 54.1 Å². The lowest BCUT2D eigenvalue weighted by atomic mass is 10.1. The normalized spacial score (nSPS) is 11.7. The molecule has 0 aromatic heterocycles. The van der Waals surface area contributed by atoms with E-state index in [2.05, 4.69) is 5.32 Å². The maximum Gasteiger partial charge on any atom is 0.516 e. The summed E-state index contributed by atoms with van der Waals surface area (Å²) in [6, 6.07) is 11.2. The molecule has 10 heteroatoms. The molecule has 0 atom stereocenters. The van der Waals surface area contributed by atoms with E-state index in [0.717, 1.165) is 6.07 Å². The Kier molecular flexibility index (Phi) is 5.21. The van der Waals surface area contributed by atoms with Crippen LogP contribution >= 0.6 is 0 Å². The maximum atomic E-state index is 12.5. The van der Waals surface area contributed by atoms with Crippen LogP contribution in [0.5, 0.6) is 5.75 Å². The van der Waals surface area contributed by atoms with E-state index in [4.69, 9.17) is 4.74 Å². The zero-order chi connectivity index (χ0) is 18.7. The van der Waals surface area contributed by atoms with Gasteiger partial charge in [0.15, 0.2) is 0 Å². The number of carbonyl (C=O) groups excluding carboxylic acids is 1. The molecule has 0 bridgehead atoms. The van der Waals surface area contributed by atoms with Crippen LogP contribution < -0.4 is 14.8 Å². The number of hydrogen-bond acceptors (Lipinski definition) is 4. The first-order valence-corrected chi connectivity index (χ1v) is 8.26. The average Bonchev–Trinajstić information content (AvgIpc) is 2.54. The third-order valence-corrected chi connectivity index (χ3v) is 4.17. The quantitative estimate of drug-likeness (QED) is 0.842. The van der Waals surface area contributed by atoms with Crippen LogP contribution in [0.4, 0.5) is 24.5 Å². The van der Waals surface area contributed by atoms with Gasteiger partial charge >= 0.3 is 15.5 Å². The fourth-order valence-electron chi connectivity index (χ4n) is 1.85. The van der Waals surface area contributed by atoms with E-state index in [0.29, 0.717) is 11.4 Å². The van der Waals surface area contributed by atoms with Crippen LogP contribution in [0, 0.1) is 0 Å². The minimum atomic E-state index is -5.64. The summed E-state index contributed by atoms with van der Waals surface area (Å²) in [6.07, 6.45) is 0. The van der Waals surface area contributed by atoms with Gasteiger partial charge in [-0.3, -0.25) is 9.52 Å². The van der Waals surface area contributed by atoms with Crippen LogP contribution in [-0.2, 0) is 10.0 Å². The number of sulfonamides is 1. The topological polar surface area (TPSA) is 84.5 Å². The summed E-state index contributed by atoms with van der Waals surface area (Å²) in [4.78, 5) is 12.3. The first kappa shape index (κ1) is 18.6. The number of amides is 1. The molecule has 0 aliphatic carbocycles. The van der Waals surface area contributed by atoms with Crippen LogP contribution in [0.15, 0.2) is 48.5 Å². The molecule has 2 rings (SSSR count). The largest absolute Gasteiger partial charge is 0.516 e. The van der Waals surface area contributed by atoms with Crippen molar-refractivity contribution in [2.24, 2.45) is 0 Å². The molecule has 2 N–H and O–H groups in total. The van der Waals surface area contributed by atoms with Gasteiger partial charge in [-0.25, -0.2) is 0 Å². The number of methoxy groups -OCH3 is 1. The molecule has 0 fully saturated rings. The minimum Gasteiger partial charge on any atom is -0.497 e. The maximum absolute atomic E-state index is 12.5. The third kappa shape index (κ3) is 4.41. The predicted octanol–water partition coefficient (Wildman–Crippen LogP) is 3.21. The zero-order valence-corrected chi connectivity index (χ0v) is 13.6. The van der Waals surface area contributed by atoms with Gasteiger partial charge in [-0.1, -0.05) is 12.1 Å². The van der Waals surface area contributed by atoms with Crippen molar-refractivity contribution in [2.45, 2.75) is 5.51 Å². The van der Waals surface area contributed by atoms with E-state index >= 15 is 0 Å². The Morgan fingerprint density at radius 3 is 2.20 bits per heavy atom. The molecule has 0 spiro atoms. The Morgan fingerprint density at radius 2 is 1.64 bits per heavy atom. The molecule has 2 aromatic carbocycles. The smallest absolute Gasteiger partial charge is 0.497 e. The average molecular weight is 374 g/mol. The molecule has 134 valence electrons. The fraction of sp³-hybridized carbons (Fsp3) is 0.133. The van der Waals surface area contributed by atoms with Crippen molar-refractivity contribution in [2.75, 3.05) is 17.1 Å². The number of alkyl halides is 3. The highest BCUT2D eigenvalue weighted by atomic mass is 32.2. The second-order valence-electron chi connectivity index (χ2n) is 4.78. The summed E-state index contributed by atoms with van der Waals surface area (Å²) < 4.78 is 66.4. The van der Waals surface area contributed by atoms with Crippen LogP contribution in [0.1, 0.15) is 10.4 Å². The van der Waals surface area contributed by atoms with Gasteiger partial charge in [0.2, 0.25) is 0 Å². The summed E-state index contributed by atoms with van der Waals surface area (Å²) in [6.45, 7) is 0. The van der Waals surface area contributed by atoms with Crippen molar-refractivity contribution in [1.29, 1.82) is 0 Å². The standard InChI is InChI=1S/C15H13F3N2O4S/c1-24-11-8-6-10(7-9-11)19-14(21)12-4-2-3-5-13(12)20-25(22,23)15(16,17)18/h2-9,20H,1H3,(H,19,21). The summed E-state index contributed by atoms with van der Waals surface area (Å²) in [5, 5.41) is 2.46. The van der Waals surface area contributed by atoms with E-state index in [9.17, 15) is 26.4 Å². The van der Waals surface area contributed by atoms with E-state index in [1.54, 1.807) is 12.1 Å². The Morgan fingerprint density at radius 1 is 1.04 bits per heavy atom. The molecule has 0 aliphatic rings. The van der Waals surface area contributed by atoms with E-state index < -0.39 is 27.1 Å². The summed E-state index contributed by atoms with van der Waals surface area (Å²) in [7, 11) is -4.17. The van der Waals surface area contributed by atoms with Gasteiger partial charge in [-0.15, -0.1) is 0 Å². The Balaban J connectivity index is 2.26. The zero-order valence-electron chi connectivity index (χ0n) is 12.8. The first-order valence-electron chi connectivity index (χ1n) is 6.77. The number of ether oxygens (including phenoxy) is 1. The van der Waals surface area contributed by atoms with Gasteiger partial charge < -0.3 is 10.1 Å². The number of anilines is 2. The first-order chi connectivity index (χ1) is 11.6. The SMILES string of the molecule is COc1ccc(NC(=O)c2ccccc2NS(=O)(=O)C(F)(F)F)cc1. The van der Waals surface area contributed by atoms with Crippen molar-refractivity contribution < 1.29 is 31.1 Å². The number of benzene rings is 2. The second kappa shape index (κ2) is 7.01. The number of hydrogen-bond donors (Lipinski definition) is 2. The number of carbonyl (C=O) groups is 1. The lowest BCUT2D eigenvalue weighted by Crippen LogP contribution is -2.30. The second-order valence-corrected chi connectivity index (χ2v) is 6.45. The molecule has 0 unspecified atom stereocenters. The third-order valence-electron chi connectivity index (χ3n) is 3.07. The number of nitrogens with one attached hydrogen (secondary N) is 2. The molecule has 0 saturated heterocycles. The van der Waals surface area contributed by atoms with Gasteiger partial charge in [0, 0.05) is 5.69 Å². The predicted molar refractivity (Wildman–Crippen MR) is 86.0 cm³/mol. The lowest BCUT2D eigenvalue weighted by molar-refractivity contribution is -0.0429. The number of para-hydroxylation sites is 1. The van der Waals surface area contributed by atoms with Crippen LogP contribution in [0.3, 0.4) is 0 Å².